The summed E-state index contributed by atoms with van der Waals surface area (Å²) in [4.78, 5) is 5.30. The Morgan fingerprint density at radius 2 is 1.81 bits per heavy atom. The lowest BCUT2D eigenvalue weighted by Gasteiger charge is -2.15. The summed E-state index contributed by atoms with van der Waals surface area (Å²) in [5.41, 5.74) is 5.64. The van der Waals surface area contributed by atoms with Crippen LogP contribution in [-0.4, -0.2) is 19.3 Å². The van der Waals surface area contributed by atoms with Gasteiger partial charge in [0, 0.05) is 42.4 Å². The third kappa shape index (κ3) is 4.21. The molecule has 0 radical (unpaired) electrons. The molecule has 3 aromatic heterocycles. The average Bonchev–Trinajstić information content (AvgIpc) is 3.60. The van der Waals surface area contributed by atoms with Gasteiger partial charge in [-0.25, -0.2) is 9.67 Å². The fourth-order valence-electron chi connectivity index (χ4n) is 3.60. The molecule has 0 aliphatic heterocycles. The van der Waals surface area contributed by atoms with Crippen LogP contribution in [0.1, 0.15) is 24.1 Å². The van der Waals surface area contributed by atoms with Gasteiger partial charge in [0.1, 0.15) is 5.69 Å². The molecule has 0 bridgehead atoms. The Bertz CT molecular complexity index is 1220. The molecule has 154 valence electrons. The van der Waals surface area contributed by atoms with Crippen LogP contribution < -0.4 is 5.32 Å². The normalized spacial score (nSPS) is 12.2. The van der Waals surface area contributed by atoms with Crippen LogP contribution in [-0.2, 0) is 6.54 Å². The molecule has 31 heavy (non-hydrogen) atoms. The highest BCUT2D eigenvalue weighted by molar-refractivity contribution is 7.13. The monoisotopic (exact) mass is 425 g/mol. The molecule has 0 saturated carbocycles. The number of benzene rings is 2. The summed E-state index contributed by atoms with van der Waals surface area (Å²) >= 11 is 1.72. The number of aromatic nitrogens is 4. The lowest BCUT2D eigenvalue weighted by molar-refractivity contribution is 0.575. The van der Waals surface area contributed by atoms with Gasteiger partial charge in [0.25, 0.3) is 0 Å². The molecule has 0 aliphatic carbocycles. The van der Waals surface area contributed by atoms with E-state index in [4.69, 9.17) is 5.10 Å². The summed E-state index contributed by atoms with van der Waals surface area (Å²) in [6.07, 6.45) is 7.69. The number of para-hydroxylation sites is 1. The number of rotatable bonds is 7. The maximum atomic E-state index is 4.89. The lowest BCUT2D eigenvalue weighted by Crippen LogP contribution is -2.18. The first-order chi connectivity index (χ1) is 15.3. The summed E-state index contributed by atoms with van der Waals surface area (Å²) in [6.45, 7) is 2.93. The number of nitrogens with one attached hydrogen (secondary N) is 1. The minimum atomic E-state index is 0.216. The van der Waals surface area contributed by atoms with E-state index in [1.807, 2.05) is 40.0 Å². The first-order valence-electron chi connectivity index (χ1n) is 10.3. The summed E-state index contributed by atoms with van der Waals surface area (Å²) < 4.78 is 3.98. The van der Waals surface area contributed by atoms with Crippen molar-refractivity contribution >= 4 is 11.3 Å². The van der Waals surface area contributed by atoms with Gasteiger partial charge >= 0.3 is 0 Å². The fraction of sp³-hybridized carbons (Fsp3) is 0.120. The predicted molar refractivity (Wildman–Crippen MR) is 126 cm³/mol. The van der Waals surface area contributed by atoms with Crippen molar-refractivity contribution in [3.05, 3.63) is 108 Å². The van der Waals surface area contributed by atoms with Crippen molar-refractivity contribution in [1.29, 1.82) is 0 Å². The second-order valence-electron chi connectivity index (χ2n) is 7.42. The molecule has 0 saturated heterocycles. The molecule has 5 rings (SSSR count). The third-order valence-electron chi connectivity index (χ3n) is 5.36. The summed E-state index contributed by atoms with van der Waals surface area (Å²) in [5.74, 6) is 0. The van der Waals surface area contributed by atoms with E-state index in [0.717, 1.165) is 23.6 Å². The topological polar surface area (TPSA) is 47.7 Å². The summed E-state index contributed by atoms with van der Waals surface area (Å²) in [5, 5.41) is 10.7. The van der Waals surface area contributed by atoms with E-state index in [2.05, 4.69) is 77.3 Å². The van der Waals surface area contributed by atoms with Gasteiger partial charge < -0.3 is 9.88 Å². The van der Waals surface area contributed by atoms with Crippen molar-refractivity contribution in [2.24, 2.45) is 0 Å². The average molecular weight is 426 g/mol. The third-order valence-corrected chi connectivity index (χ3v) is 6.24. The first-order valence-corrected chi connectivity index (χ1v) is 11.2. The van der Waals surface area contributed by atoms with E-state index < -0.39 is 0 Å². The van der Waals surface area contributed by atoms with Crippen LogP contribution in [0.2, 0.25) is 0 Å². The Morgan fingerprint density at radius 1 is 0.968 bits per heavy atom. The van der Waals surface area contributed by atoms with Crippen molar-refractivity contribution in [2.75, 3.05) is 0 Å². The van der Waals surface area contributed by atoms with Crippen LogP contribution in [0.3, 0.4) is 0 Å². The zero-order chi connectivity index (χ0) is 21.0. The highest BCUT2D eigenvalue weighted by atomic mass is 32.1. The SMILES string of the molecule is CC(NCc1cn(-c2ccccc2)nc1-c1cccs1)c1ccc(-n2ccnc2)cc1. The van der Waals surface area contributed by atoms with Gasteiger partial charge in [0.15, 0.2) is 0 Å². The Morgan fingerprint density at radius 3 is 2.52 bits per heavy atom. The van der Waals surface area contributed by atoms with Crippen LogP contribution in [0.5, 0.6) is 0 Å². The van der Waals surface area contributed by atoms with Crippen molar-refractivity contribution in [2.45, 2.75) is 19.5 Å². The molecule has 0 fully saturated rings. The molecule has 2 aromatic carbocycles. The first kappa shape index (κ1) is 19.5. The van der Waals surface area contributed by atoms with Crippen LogP contribution in [0.4, 0.5) is 0 Å². The molecule has 6 heteroatoms. The van der Waals surface area contributed by atoms with Crippen molar-refractivity contribution in [3.8, 4) is 21.9 Å². The molecule has 5 aromatic rings. The van der Waals surface area contributed by atoms with Gasteiger partial charge in [-0.2, -0.15) is 5.10 Å². The summed E-state index contributed by atoms with van der Waals surface area (Å²) in [7, 11) is 0. The van der Waals surface area contributed by atoms with E-state index in [1.165, 1.54) is 16.0 Å². The minimum absolute atomic E-state index is 0.216. The number of imidazole rings is 1. The number of hydrogen-bond donors (Lipinski definition) is 1. The molecule has 1 unspecified atom stereocenters. The molecule has 0 aliphatic rings. The fourth-order valence-corrected chi connectivity index (χ4v) is 4.35. The second-order valence-corrected chi connectivity index (χ2v) is 8.37. The second kappa shape index (κ2) is 8.71. The van der Waals surface area contributed by atoms with E-state index in [0.29, 0.717) is 0 Å². The molecular weight excluding hydrogens is 402 g/mol. The molecule has 3 heterocycles. The van der Waals surface area contributed by atoms with Gasteiger partial charge in [-0.3, -0.25) is 0 Å². The van der Waals surface area contributed by atoms with E-state index >= 15 is 0 Å². The standard InChI is InChI=1S/C25H23N5S/c1-19(20-9-11-22(12-10-20)29-14-13-26-18-29)27-16-21-17-30(23-6-3-2-4-7-23)28-25(21)24-8-5-15-31-24/h2-15,17-19,27H,16H2,1H3. The van der Waals surface area contributed by atoms with Crippen molar-refractivity contribution in [1.82, 2.24) is 24.6 Å². The van der Waals surface area contributed by atoms with Gasteiger partial charge in [-0.1, -0.05) is 36.4 Å². The maximum absolute atomic E-state index is 4.89. The minimum Gasteiger partial charge on any atom is -0.306 e. The Labute approximate surface area is 185 Å². The Balaban J connectivity index is 1.35. The maximum Gasteiger partial charge on any atom is 0.107 e. The van der Waals surface area contributed by atoms with Gasteiger partial charge in [-0.15, -0.1) is 11.3 Å². The zero-order valence-corrected chi connectivity index (χ0v) is 18.0. The largest absolute Gasteiger partial charge is 0.306 e. The zero-order valence-electron chi connectivity index (χ0n) is 17.2. The van der Waals surface area contributed by atoms with Gasteiger partial charge in [0.2, 0.25) is 0 Å². The Kier molecular flexibility index (Phi) is 5.48. The molecule has 0 spiro atoms. The van der Waals surface area contributed by atoms with Crippen LogP contribution in [0.15, 0.2) is 97.0 Å². The summed E-state index contributed by atoms with van der Waals surface area (Å²) in [6, 6.07) is 23.3. The van der Waals surface area contributed by atoms with E-state index in [9.17, 15) is 0 Å². The number of nitrogens with zero attached hydrogens (tertiary/aromatic N) is 4. The van der Waals surface area contributed by atoms with Crippen LogP contribution >= 0.6 is 11.3 Å². The molecular formula is C25H23N5S. The molecule has 0 amide bonds. The van der Waals surface area contributed by atoms with E-state index in [1.54, 1.807) is 17.5 Å². The number of thiophene rings is 1. The lowest BCUT2D eigenvalue weighted by atomic mass is 10.1. The quantitative estimate of drug-likeness (QED) is 0.367. The molecule has 1 atom stereocenters. The smallest absolute Gasteiger partial charge is 0.107 e. The van der Waals surface area contributed by atoms with Crippen LogP contribution in [0, 0.1) is 0 Å². The number of hydrogen-bond acceptors (Lipinski definition) is 4. The van der Waals surface area contributed by atoms with Crippen LogP contribution in [0.25, 0.3) is 21.9 Å². The van der Waals surface area contributed by atoms with Crippen molar-refractivity contribution < 1.29 is 0 Å². The highest BCUT2D eigenvalue weighted by Crippen LogP contribution is 2.28. The predicted octanol–water partition coefficient (Wildman–Crippen LogP) is 5.64. The van der Waals surface area contributed by atoms with E-state index in [-0.39, 0.29) is 6.04 Å². The van der Waals surface area contributed by atoms with Crippen molar-refractivity contribution in [3.63, 3.8) is 0 Å². The molecule has 1 N–H and O–H groups in total. The molecule has 5 nitrogen and oxygen atoms in total. The Hall–Kier alpha value is -3.48. The van der Waals surface area contributed by atoms with Gasteiger partial charge in [0.05, 0.1) is 16.9 Å². The highest BCUT2D eigenvalue weighted by Gasteiger charge is 2.14. The van der Waals surface area contributed by atoms with Gasteiger partial charge in [-0.05, 0) is 48.2 Å².